The number of carbonyl (C=O) groups excluding carboxylic acids is 2. The van der Waals surface area contributed by atoms with E-state index in [9.17, 15) is 9.59 Å². The Bertz CT molecular complexity index is 566. The molecule has 5 heteroatoms. The van der Waals surface area contributed by atoms with Crippen molar-refractivity contribution in [2.45, 2.75) is 58.6 Å². The maximum Gasteiger partial charge on any atom is 0.410 e. The lowest BCUT2D eigenvalue weighted by Crippen LogP contribution is -2.52. The Labute approximate surface area is 144 Å². The zero-order valence-corrected chi connectivity index (χ0v) is 15.1. The van der Waals surface area contributed by atoms with Crippen molar-refractivity contribution in [3.05, 3.63) is 30.3 Å². The molecule has 1 aliphatic heterocycles. The summed E-state index contributed by atoms with van der Waals surface area (Å²) in [4.78, 5) is 28.4. The van der Waals surface area contributed by atoms with E-state index in [1.165, 1.54) is 0 Å². The number of ether oxygens (including phenoxy) is 1. The van der Waals surface area contributed by atoms with E-state index in [1.807, 2.05) is 62.9 Å². The lowest BCUT2D eigenvalue weighted by atomic mass is 10.0. The van der Waals surface area contributed by atoms with Crippen molar-refractivity contribution in [2.24, 2.45) is 0 Å². The first-order chi connectivity index (χ1) is 11.3. The van der Waals surface area contributed by atoms with E-state index in [2.05, 4.69) is 0 Å². The third-order valence-electron chi connectivity index (χ3n) is 4.02. The molecule has 1 aromatic carbocycles. The summed E-state index contributed by atoms with van der Waals surface area (Å²) < 4.78 is 5.48. The van der Waals surface area contributed by atoms with Crippen LogP contribution >= 0.6 is 0 Å². The maximum absolute atomic E-state index is 12.5. The predicted molar refractivity (Wildman–Crippen MR) is 95.0 cm³/mol. The van der Waals surface area contributed by atoms with Crippen LogP contribution in [0.3, 0.4) is 0 Å². The summed E-state index contributed by atoms with van der Waals surface area (Å²) in [7, 11) is 0. The van der Waals surface area contributed by atoms with Crippen LogP contribution in [0, 0.1) is 0 Å². The van der Waals surface area contributed by atoms with Gasteiger partial charge in [0.05, 0.1) is 6.04 Å². The normalized spacial score (nSPS) is 18.2. The average Bonchev–Trinajstić information content (AvgIpc) is 2.54. The molecule has 1 atom stereocenters. The number of likely N-dealkylation sites (tertiary alicyclic amines) is 1. The minimum Gasteiger partial charge on any atom is -0.444 e. The summed E-state index contributed by atoms with van der Waals surface area (Å²) in [5, 5.41) is 0. The van der Waals surface area contributed by atoms with Crippen LogP contribution in [0.4, 0.5) is 10.5 Å². The van der Waals surface area contributed by atoms with Gasteiger partial charge in [0.2, 0.25) is 5.91 Å². The molecule has 0 aliphatic carbocycles. The summed E-state index contributed by atoms with van der Waals surface area (Å²) in [6, 6.07) is 9.67. The minimum absolute atomic E-state index is 0.0129. The second-order valence-electron chi connectivity index (χ2n) is 7.18. The molecule has 1 unspecified atom stereocenters. The highest BCUT2D eigenvalue weighted by atomic mass is 16.6. The molecule has 0 radical (unpaired) electrons. The summed E-state index contributed by atoms with van der Waals surface area (Å²) in [5.41, 5.74) is 0.378. The number of piperidine rings is 1. The van der Waals surface area contributed by atoms with Gasteiger partial charge in [-0.05, 0) is 45.7 Å². The van der Waals surface area contributed by atoms with Gasteiger partial charge in [0.1, 0.15) is 5.60 Å². The molecule has 24 heavy (non-hydrogen) atoms. The van der Waals surface area contributed by atoms with Gasteiger partial charge in [-0.25, -0.2) is 4.79 Å². The molecular weight excluding hydrogens is 304 g/mol. The zero-order chi connectivity index (χ0) is 17.7. The number of hydrogen-bond donors (Lipinski definition) is 0. The van der Waals surface area contributed by atoms with Crippen molar-refractivity contribution in [3.63, 3.8) is 0 Å². The fourth-order valence-corrected chi connectivity index (χ4v) is 2.98. The van der Waals surface area contributed by atoms with Crippen molar-refractivity contribution in [1.82, 2.24) is 4.90 Å². The van der Waals surface area contributed by atoms with Crippen molar-refractivity contribution < 1.29 is 14.3 Å². The van der Waals surface area contributed by atoms with E-state index in [0.29, 0.717) is 19.5 Å². The molecule has 0 saturated carbocycles. The number of carbonyl (C=O) groups is 2. The SMILES string of the molecule is CCC(=O)N(c1ccccc1)C1CCCN(C(=O)OC(C)(C)C)C1. The fourth-order valence-electron chi connectivity index (χ4n) is 2.98. The number of amides is 2. The molecule has 1 aromatic rings. The van der Waals surface area contributed by atoms with Crippen LogP contribution in [0.2, 0.25) is 0 Å². The van der Waals surface area contributed by atoms with E-state index in [4.69, 9.17) is 4.74 Å². The molecule has 1 saturated heterocycles. The van der Waals surface area contributed by atoms with E-state index in [1.54, 1.807) is 4.90 Å². The molecule has 1 aliphatic rings. The van der Waals surface area contributed by atoms with Crippen molar-refractivity contribution >= 4 is 17.7 Å². The van der Waals surface area contributed by atoms with E-state index in [-0.39, 0.29) is 18.0 Å². The monoisotopic (exact) mass is 332 g/mol. The van der Waals surface area contributed by atoms with Gasteiger partial charge in [0.25, 0.3) is 0 Å². The highest BCUT2D eigenvalue weighted by Gasteiger charge is 2.32. The van der Waals surface area contributed by atoms with Crippen LogP contribution in [-0.2, 0) is 9.53 Å². The Kier molecular flexibility index (Phi) is 5.86. The zero-order valence-electron chi connectivity index (χ0n) is 15.1. The van der Waals surface area contributed by atoms with Crippen LogP contribution < -0.4 is 4.90 Å². The molecule has 0 bridgehead atoms. The topological polar surface area (TPSA) is 49.9 Å². The summed E-state index contributed by atoms with van der Waals surface area (Å²) in [6.45, 7) is 8.65. The molecule has 1 fully saturated rings. The lowest BCUT2D eigenvalue weighted by Gasteiger charge is -2.39. The molecule has 2 amide bonds. The number of para-hydroxylation sites is 1. The Morgan fingerprint density at radius 2 is 1.92 bits per heavy atom. The van der Waals surface area contributed by atoms with Crippen LogP contribution in [0.5, 0.6) is 0 Å². The Morgan fingerprint density at radius 3 is 2.50 bits per heavy atom. The third-order valence-corrected chi connectivity index (χ3v) is 4.02. The molecule has 1 heterocycles. The number of hydrogen-bond acceptors (Lipinski definition) is 3. The van der Waals surface area contributed by atoms with Crippen LogP contribution in [0.25, 0.3) is 0 Å². The van der Waals surface area contributed by atoms with Crippen molar-refractivity contribution in [2.75, 3.05) is 18.0 Å². The quantitative estimate of drug-likeness (QED) is 0.845. The van der Waals surface area contributed by atoms with E-state index >= 15 is 0 Å². The van der Waals surface area contributed by atoms with E-state index in [0.717, 1.165) is 18.5 Å². The van der Waals surface area contributed by atoms with Gasteiger partial charge in [-0.15, -0.1) is 0 Å². The van der Waals surface area contributed by atoms with Gasteiger partial charge in [-0.2, -0.15) is 0 Å². The van der Waals surface area contributed by atoms with Crippen LogP contribution in [0.15, 0.2) is 30.3 Å². The van der Waals surface area contributed by atoms with Gasteiger partial charge >= 0.3 is 6.09 Å². The van der Waals surface area contributed by atoms with Crippen molar-refractivity contribution in [1.29, 1.82) is 0 Å². The molecule has 0 aromatic heterocycles. The first-order valence-corrected chi connectivity index (χ1v) is 8.67. The van der Waals surface area contributed by atoms with Gasteiger partial charge in [0.15, 0.2) is 0 Å². The summed E-state index contributed by atoms with van der Waals surface area (Å²) in [6.07, 6.45) is 1.89. The Balaban J connectivity index is 2.16. The highest BCUT2D eigenvalue weighted by Crippen LogP contribution is 2.25. The number of nitrogens with zero attached hydrogens (tertiary/aromatic N) is 2. The fraction of sp³-hybridized carbons (Fsp3) is 0.579. The summed E-state index contributed by atoms with van der Waals surface area (Å²) >= 11 is 0. The predicted octanol–water partition coefficient (Wildman–Crippen LogP) is 3.83. The number of anilines is 1. The molecular formula is C19H28N2O3. The van der Waals surface area contributed by atoms with E-state index < -0.39 is 5.60 Å². The van der Waals surface area contributed by atoms with Crippen molar-refractivity contribution in [3.8, 4) is 0 Å². The summed E-state index contributed by atoms with van der Waals surface area (Å²) in [5.74, 6) is 0.0808. The van der Waals surface area contributed by atoms with Gasteiger partial charge < -0.3 is 14.5 Å². The molecule has 5 nitrogen and oxygen atoms in total. The Morgan fingerprint density at radius 1 is 1.25 bits per heavy atom. The van der Waals surface area contributed by atoms with Crippen LogP contribution in [0.1, 0.15) is 47.0 Å². The third kappa shape index (κ3) is 4.73. The smallest absolute Gasteiger partial charge is 0.410 e. The molecule has 0 N–H and O–H groups in total. The van der Waals surface area contributed by atoms with Gasteiger partial charge in [-0.3, -0.25) is 4.79 Å². The molecule has 132 valence electrons. The first kappa shape index (κ1) is 18.3. The molecule has 2 rings (SSSR count). The highest BCUT2D eigenvalue weighted by molar-refractivity contribution is 5.93. The number of benzene rings is 1. The number of rotatable bonds is 3. The lowest BCUT2D eigenvalue weighted by molar-refractivity contribution is -0.119. The van der Waals surface area contributed by atoms with Gasteiger partial charge in [-0.1, -0.05) is 25.1 Å². The second-order valence-corrected chi connectivity index (χ2v) is 7.18. The Hall–Kier alpha value is -2.04. The molecule has 0 spiro atoms. The standard InChI is InChI=1S/C19H28N2O3/c1-5-17(22)21(15-10-7-6-8-11-15)16-12-9-13-20(14-16)18(23)24-19(2,3)4/h6-8,10-11,16H,5,9,12-14H2,1-4H3. The average molecular weight is 332 g/mol. The van der Waals surface area contributed by atoms with Gasteiger partial charge in [0, 0.05) is 25.2 Å². The largest absolute Gasteiger partial charge is 0.444 e. The first-order valence-electron chi connectivity index (χ1n) is 8.67. The second kappa shape index (κ2) is 7.69. The maximum atomic E-state index is 12.5. The minimum atomic E-state index is -0.512. The van der Waals surface area contributed by atoms with Crippen LogP contribution in [-0.4, -0.2) is 41.6 Å².